The summed E-state index contributed by atoms with van der Waals surface area (Å²) in [4.78, 5) is 17.5. The van der Waals surface area contributed by atoms with Crippen LogP contribution in [0, 0.1) is 5.92 Å². The molecule has 0 radical (unpaired) electrons. The lowest BCUT2D eigenvalue weighted by Gasteiger charge is -2.26. The second kappa shape index (κ2) is 8.62. The van der Waals surface area contributed by atoms with Gasteiger partial charge in [-0.05, 0) is 48.1 Å². The van der Waals surface area contributed by atoms with E-state index in [4.69, 9.17) is 10.8 Å². The number of nitrogen functional groups attached to an aromatic ring is 1. The number of anilines is 2. The molecule has 5 heteroatoms. The Balaban J connectivity index is 0.000000326. The number of aromatic nitrogens is 1. The molecule has 2 heterocycles. The maximum atomic E-state index is 11.7. The van der Waals surface area contributed by atoms with Crippen LogP contribution in [-0.2, 0) is 11.2 Å². The van der Waals surface area contributed by atoms with Crippen molar-refractivity contribution in [3.63, 3.8) is 0 Å². The van der Waals surface area contributed by atoms with E-state index in [9.17, 15) is 4.79 Å². The van der Waals surface area contributed by atoms with Gasteiger partial charge in [-0.2, -0.15) is 0 Å². The number of nitrogens with two attached hydrogens (primary N) is 1. The summed E-state index contributed by atoms with van der Waals surface area (Å²) in [7, 11) is 1.82. The SMILES string of the molecule is CC(C)CCO.CN1C(=O)CCc2cc(-c3cncc(N)c3)ccc21. The van der Waals surface area contributed by atoms with Gasteiger partial charge >= 0.3 is 0 Å². The minimum absolute atomic E-state index is 0.172. The number of aryl methyl sites for hydroxylation is 1. The molecule has 0 aliphatic carbocycles. The first kappa shape index (κ1) is 18.9. The van der Waals surface area contributed by atoms with E-state index < -0.39 is 0 Å². The van der Waals surface area contributed by atoms with E-state index in [1.54, 1.807) is 17.3 Å². The summed E-state index contributed by atoms with van der Waals surface area (Å²) in [5.41, 5.74) is 10.7. The van der Waals surface area contributed by atoms with Crippen molar-refractivity contribution >= 4 is 17.3 Å². The molecule has 0 spiro atoms. The zero-order valence-corrected chi connectivity index (χ0v) is 15.2. The Hall–Kier alpha value is -2.40. The van der Waals surface area contributed by atoms with Crippen molar-refractivity contribution in [2.75, 3.05) is 24.3 Å². The zero-order chi connectivity index (χ0) is 18.4. The van der Waals surface area contributed by atoms with Crippen LogP contribution in [0.25, 0.3) is 11.1 Å². The molecule has 1 aromatic carbocycles. The van der Waals surface area contributed by atoms with Gasteiger partial charge in [0.15, 0.2) is 0 Å². The van der Waals surface area contributed by atoms with Crippen molar-refractivity contribution in [3.05, 3.63) is 42.2 Å². The van der Waals surface area contributed by atoms with Crippen LogP contribution in [0.5, 0.6) is 0 Å². The fourth-order valence-corrected chi connectivity index (χ4v) is 2.71. The molecule has 1 aromatic heterocycles. The molecule has 3 N–H and O–H groups in total. The van der Waals surface area contributed by atoms with Gasteiger partial charge in [0.1, 0.15) is 0 Å². The average molecular weight is 341 g/mol. The summed E-state index contributed by atoms with van der Waals surface area (Å²) in [6.07, 6.45) is 5.73. The molecular weight excluding hydrogens is 314 g/mol. The van der Waals surface area contributed by atoms with E-state index >= 15 is 0 Å². The molecular formula is C20H27N3O2. The Labute approximate surface area is 149 Å². The molecule has 1 aliphatic heterocycles. The smallest absolute Gasteiger partial charge is 0.227 e. The van der Waals surface area contributed by atoms with Crippen LogP contribution in [-0.4, -0.2) is 29.7 Å². The molecule has 0 atom stereocenters. The van der Waals surface area contributed by atoms with Crippen LogP contribution < -0.4 is 10.6 Å². The Morgan fingerprint density at radius 2 is 1.96 bits per heavy atom. The minimum Gasteiger partial charge on any atom is -0.397 e. The molecule has 3 rings (SSSR count). The molecule has 2 aromatic rings. The van der Waals surface area contributed by atoms with Crippen molar-refractivity contribution < 1.29 is 9.90 Å². The van der Waals surface area contributed by atoms with E-state index in [0.717, 1.165) is 29.7 Å². The Kier molecular flexibility index (Phi) is 6.53. The van der Waals surface area contributed by atoms with E-state index in [-0.39, 0.29) is 5.91 Å². The van der Waals surface area contributed by atoms with Gasteiger partial charge in [0, 0.05) is 43.7 Å². The quantitative estimate of drug-likeness (QED) is 0.898. The summed E-state index contributed by atoms with van der Waals surface area (Å²) < 4.78 is 0. The first-order valence-corrected chi connectivity index (χ1v) is 8.63. The molecule has 134 valence electrons. The monoisotopic (exact) mass is 341 g/mol. The topological polar surface area (TPSA) is 79.5 Å². The van der Waals surface area contributed by atoms with E-state index in [1.165, 1.54) is 5.56 Å². The van der Waals surface area contributed by atoms with Crippen molar-refractivity contribution in [2.24, 2.45) is 5.92 Å². The molecule has 1 amide bonds. The van der Waals surface area contributed by atoms with Crippen LogP contribution in [0.1, 0.15) is 32.3 Å². The highest BCUT2D eigenvalue weighted by Crippen LogP contribution is 2.31. The van der Waals surface area contributed by atoms with Gasteiger partial charge in [-0.3, -0.25) is 9.78 Å². The van der Waals surface area contributed by atoms with Crippen LogP contribution >= 0.6 is 0 Å². The summed E-state index contributed by atoms with van der Waals surface area (Å²) in [6, 6.07) is 8.02. The summed E-state index contributed by atoms with van der Waals surface area (Å²) in [5.74, 6) is 0.820. The van der Waals surface area contributed by atoms with E-state index in [0.29, 0.717) is 24.6 Å². The van der Waals surface area contributed by atoms with Gasteiger partial charge in [-0.25, -0.2) is 0 Å². The molecule has 25 heavy (non-hydrogen) atoms. The molecule has 1 aliphatic rings. The third kappa shape index (κ3) is 5.03. The number of rotatable bonds is 3. The lowest BCUT2D eigenvalue weighted by molar-refractivity contribution is -0.118. The number of carbonyl (C=O) groups is 1. The third-order valence-corrected chi connectivity index (χ3v) is 4.22. The number of aliphatic hydroxyl groups is 1. The van der Waals surface area contributed by atoms with Crippen molar-refractivity contribution in [3.8, 4) is 11.1 Å². The number of aliphatic hydroxyl groups excluding tert-OH is 1. The molecule has 5 nitrogen and oxygen atoms in total. The van der Waals surface area contributed by atoms with Crippen LogP contribution in [0.15, 0.2) is 36.7 Å². The van der Waals surface area contributed by atoms with Crippen LogP contribution in [0.2, 0.25) is 0 Å². The van der Waals surface area contributed by atoms with Crippen molar-refractivity contribution in [1.29, 1.82) is 0 Å². The highest BCUT2D eigenvalue weighted by atomic mass is 16.3. The van der Waals surface area contributed by atoms with Crippen molar-refractivity contribution in [2.45, 2.75) is 33.1 Å². The predicted octanol–water partition coefficient (Wildman–Crippen LogP) is 3.26. The maximum Gasteiger partial charge on any atom is 0.227 e. The van der Waals surface area contributed by atoms with Gasteiger partial charge in [0.2, 0.25) is 5.91 Å². The zero-order valence-electron chi connectivity index (χ0n) is 15.2. The highest BCUT2D eigenvalue weighted by molar-refractivity contribution is 5.96. The standard InChI is InChI=1S/C15H15N3O.C5H12O/c1-18-14-4-2-10(6-11(14)3-5-15(18)19)12-7-13(16)9-17-8-12;1-5(2)3-4-6/h2,4,6-9H,3,5,16H2,1H3;5-6H,3-4H2,1-2H3. The van der Waals surface area contributed by atoms with Gasteiger partial charge in [-0.15, -0.1) is 0 Å². The van der Waals surface area contributed by atoms with Gasteiger partial charge in [0.05, 0.1) is 5.69 Å². The lowest BCUT2D eigenvalue weighted by Crippen LogP contribution is -2.30. The second-order valence-corrected chi connectivity index (χ2v) is 6.71. The molecule has 0 saturated carbocycles. The normalized spacial score (nSPS) is 13.3. The Morgan fingerprint density at radius 1 is 1.20 bits per heavy atom. The van der Waals surface area contributed by atoms with Gasteiger partial charge < -0.3 is 15.7 Å². The second-order valence-electron chi connectivity index (χ2n) is 6.71. The van der Waals surface area contributed by atoms with Crippen LogP contribution in [0.3, 0.4) is 0 Å². The Morgan fingerprint density at radius 3 is 2.56 bits per heavy atom. The Bertz CT molecular complexity index is 729. The average Bonchev–Trinajstić information content (AvgIpc) is 2.58. The fourth-order valence-electron chi connectivity index (χ4n) is 2.71. The van der Waals surface area contributed by atoms with E-state index in [2.05, 4.69) is 24.9 Å². The molecule has 0 saturated heterocycles. The number of hydrogen-bond donors (Lipinski definition) is 2. The first-order chi connectivity index (χ1) is 11.9. The molecule has 0 bridgehead atoms. The van der Waals surface area contributed by atoms with Gasteiger partial charge in [-0.1, -0.05) is 19.9 Å². The first-order valence-electron chi connectivity index (χ1n) is 8.63. The fraction of sp³-hybridized carbons (Fsp3) is 0.400. The number of hydrogen-bond acceptors (Lipinski definition) is 4. The number of pyridine rings is 1. The lowest BCUT2D eigenvalue weighted by atomic mass is 9.97. The van der Waals surface area contributed by atoms with Crippen molar-refractivity contribution in [1.82, 2.24) is 4.98 Å². The maximum absolute atomic E-state index is 11.7. The number of nitrogens with zero attached hydrogens (tertiary/aromatic N) is 2. The van der Waals surface area contributed by atoms with Gasteiger partial charge in [0.25, 0.3) is 0 Å². The minimum atomic E-state index is 0.172. The number of carbonyl (C=O) groups excluding carboxylic acids is 1. The predicted molar refractivity (Wildman–Crippen MR) is 102 cm³/mol. The largest absolute Gasteiger partial charge is 0.397 e. The molecule has 0 fully saturated rings. The summed E-state index contributed by atoms with van der Waals surface area (Å²) in [5, 5.41) is 8.24. The number of amides is 1. The van der Waals surface area contributed by atoms with Crippen LogP contribution in [0.4, 0.5) is 11.4 Å². The molecule has 0 unspecified atom stereocenters. The third-order valence-electron chi connectivity index (χ3n) is 4.22. The summed E-state index contributed by atoms with van der Waals surface area (Å²) in [6.45, 7) is 4.52. The number of fused-ring (bicyclic) bond motifs is 1. The van der Waals surface area contributed by atoms with E-state index in [1.807, 2.05) is 25.2 Å². The summed E-state index contributed by atoms with van der Waals surface area (Å²) >= 11 is 0. The highest BCUT2D eigenvalue weighted by Gasteiger charge is 2.20. The number of benzene rings is 1.